The largest absolute Gasteiger partial charge is 0.459 e. The van der Waals surface area contributed by atoms with E-state index in [1.807, 2.05) is 11.0 Å². The molecule has 7 heteroatoms. The second-order valence-corrected chi connectivity index (χ2v) is 6.63. The predicted molar refractivity (Wildman–Crippen MR) is 96.8 cm³/mol. The van der Waals surface area contributed by atoms with E-state index in [0.717, 1.165) is 37.7 Å². The van der Waals surface area contributed by atoms with Crippen LogP contribution >= 0.6 is 0 Å². The fourth-order valence-corrected chi connectivity index (χ4v) is 2.80. The summed E-state index contributed by atoms with van der Waals surface area (Å²) in [6.45, 7) is 8.11. The molecule has 1 saturated heterocycles. The number of carbonyl (C=O) groups excluding carboxylic acids is 1. The molecular weight excluding hydrogens is 318 g/mol. The number of nitrogens with one attached hydrogen (secondary N) is 1. The lowest BCUT2D eigenvalue weighted by Crippen LogP contribution is -2.49. The molecule has 1 amide bonds. The van der Waals surface area contributed by atoms with Crippen LogP contribution in [0, 0.1) is 5.92 Å². The number of hydrogen-bond donors (Lipinski definition) is 1. The Balaban J connectivity index is 1.55. The SMILES string of the molecule is CC(C)CCNc1cc(N2CCN(C(=O)c3ccco3)CC2)ncn1. The summed E-state index contributed by atoms with van der Waals surface area (Å²) in [5.41, 5.74) is 0. The van der Waals surface area contributed by atoms with Crippen LogP contribution in [0.5, 0.6) is 0 Å². The first-order chi connectivity index (χ1) is 12.1. The van der Waals surface area contributed by atoms with Crippen molar-refractivity contribution in [3.8, 4) is 0 Å². The molecule has 0 unspecified atom stereocenters. The maximum atomic E-state index is 12.3. The Kier molecular flexibility index (Phi) is 5.53. The maximum Gasteiger partial charge on any atom is 0.289 e. The Morgan fingerprint density at radius 2 is 2.08 bits per heavy atom. The van der Waals surface area contributed by atoms with Crippen molar-refractivity contribution in [1.82, 2.24) is 14.9 Å². The molecule has 0 aliphatic carbocycles. The molecule has 134 valence electrons. The van der Waals surface area contributed by atoms with Crippen molar-refractivity contribution < 1.29 is 9.21 Å². The van der Waals surface area contributed by atoms with Crippen molar-refractivity contribution in [3.63, 3.8) is 0 Å². The Labute approximate surface area is 148 Å². The van der Waals surface area contributed by atoms with Gasteiger partial charge in [0, 0.05) is 38.8 Å². The summed E-state index contributed by atoms with van der Waals surface area (Å²) in [4.78, 5) is 25.0. The smallest absolute Gasteiger partial charge is 0.289 e. The molecule has 0 bridgehead atoms. The quantitative estimate of drug-likeness (QED) is 0.868. The minimum atomic E-state index is -0.0524. The van der Waals surface area contributed by atoms with Gasteiger partial charge in [-0.1, -0.05) is 13.8 Å². The zero-order valence-electron chi connectivity index (χ0n) is 14.8. The van der Waals surface area contributed by atoms with Crippen molar-refractivity contribution in [2.24, 2.45) is 5.92 Å². The van der Waals surface area contributed by atoms with Crippen LogP contribution in [0.25, 0.3) is 0 Å². The van der Waals surface area contributed by atoms with E-state index in [-0.39, 0.29) is 5.91 Å². The normalized spacial score (nSPS) is 14.8. The third-order valence-corrected chi connectivity index (χ3v) is 4.30. The second kappa shape index (κ2) is 8.00. The standard InChI is InChI=1S/C18H25N5O2/c1-14(2)5-6-19-16-12-17(21-13-20-16)22-7-9-23(10-8-22)18(24)15-4-3-11-25-15/h3-4,11-14H,5-10H2,1-2H3,(H,19,20,21). The van der Waals surface area contributed by atoms with Gasteiger partial charge < -0.3 is 19.5 Å². The minimum absolute atomic E-state index is 0.0524. The number of aromatic nitrogens is 2. The van der Waals surface area contributed by atoms with Gasteiger partial charge in [0.25, 0.3) is 5.91 Å². The zero-order valence-corrected chi connectivity index (χ0v) is 14.8. The molecule has 2 aromatic rings. The molecule has 0 saturated carbocycles. The van der Waals surface area contributed by atoms with E-state index >= 15 is 0 Å². The molecule has 1 aliphatic heterocycles. The van der Waals surface area contributed by atoms with Crippen molar-refractivity contribution >= 4 is 17.5 Å². The Hall–Kier alpha value is -2.57. The van der Waals surface area contributed by atoms with Gasteiger partial charge in [0.15, 0.2) is 5.76 Å². The number of piperazine rings is 1. The second-order valence-electron chi connectivity index (χ2n) is 6.63. The molecule has 0 radical (unpaired) electrons. The lowest BCUT2D eigenvalue weighted by molar-refractivity contribution is 0.0714. The van der Waals surface area contributed by atoms with E-state index < -0.39 is 0 Å². The summed E-state index contributed by atoms with van der Waals surface area (Å²) in [6, 6.07) is 5.41. The molecule has 1 N–H and O–H groups in total. The summed E-state index contributed by atoms with van der Waals surface area (Å²) in [5, 5.41) is 3.35. The Bertz CT molecular complexity index is 679. The van der Waals surface area contributed by atoms with Gasteiger partial charge in [-0.2, -0.15) is 0 Å². The van der Waals surface area contributed by atoms with Crippen molar-refractivity contribution in [2.75, 3.05) is 42.9 Å². The minimum Gasteiger partial charge on any atom is -0.459 e. The van der Waals surface area contributed by atoms with Gasteiger partial charge in [-0.3, -0.25) is 4.79 Å². The third-order valence-electron chi connectivity index (χ3n) is 4.30. The maximum absolute atomic E-state index is 12.3. The number of furan rings is 1. The van der Waals surface area contributed by atoms with Gasteiger partial charge in [0.2, 0.25) is 0 Å². The molecule has 25 heavy (non-hydrogen) atoms. The van der Waals surface area contributed by atoms with Gasteiger partial charge in [0.05, 0.1) is 6.26 Å². The van der Waals surface area contributed by atoms with Crippen LogP contribution in [0.2, 0.25) is 0 Å². The molecule has 0 atom stereocenters. The monoisotopic (exact) mass is 343 g/mol. The van der Waals surface area contributed by atoms with Crippen LogP contribution in [0.3, 0.4) is 0 Å². The van der Waals surface area contributed by atoms with Gasteiger partial charge in [-0.25, -0.2) is 9.97 Å². The number of anilines is 2. The fourth-order valence-electron chi connectivity index (χ4n) is 2.80. The van der Waals surface area contributed by atoms with E-state index in [1.165, 1.54) is 6.26 Å². The first-order valence-corrected chi connectivity index (χ1v) is 8.77. The van der Waals surface area contributed by atoms with Gasteiger partial charge in [-0.05, 0) is 24.5 Å². The number of amides is 1. The zero-order chi connectivity index (χ0) is 17.6. The Morgan fingerprint density at radius 3 is 2.76 bits per heavy atom. The molecule has 2 aromatic heterocycles. The summed E-state index contributed by atoms with van der Waals surface area (Å²) in [7, 11) is 0. The van der Waals surface area contributed by atoms with Crippen LogP contribution in [-0.4, -0.2) is 53.5 Å². The number of nitrogens with zero attached hydrogens (tertiary/aromatic N) is 4. The van der Waals surface area contributed by atoms with Crippen LogP contribution in [0.15, 0.2) is 35.2 Å². The molecule has 3 heterocycles. The lowest BCUT2D eigenvalue weighted by Gasteiger charge is -2.35. The topological polar surface area (TPSA) is 74.5 Å². The van der Waals surface area contributed by atoms with Crippen LogP contribution in [0.4, 0.5) is 11.6 Å². The van der Waals surface area contributed by atoms with Gasteiger partial charge in [-0.15, -0.1) is 0 Å². The van der Waals surface area contributed by atoms with E-state index in [0.29, 0.717) is 24.8 Å². The Morgan fingerprint density at radius 1 is 1.28 bits per heavy atom. The summed E-state index contributed by atoms with van der Waals surface area (Å²) in [6.07, 6.45) is 4.22. The highest BCUT2D eigenvalue weighted by atomic mass is 16.3. The number of rotatable bonds is 6. The predicted octanol–water partition coefficient (Wildman–Crippen LogP) is 2.49. The lowest BCUT2D eigenvalue weighted by atomic mass is 10.1. The highest BCUT2D eigenvalue weighted by Crippen LogP contribution is 2.17. The van der Waals surface area contributed by atoms with Crippen LogP contribution in [-0.2, 0) is 0 Å². The molecule has 7 nitrogen and oxygen atoms in total. The van der Waals surface area contributed by atoms with Gasteiger partial charge in [0.1, 0.15) is 18.0 Å². The van der Waals surface area contributed by atoms with Crippen molar-refractivity contribution in [1.29, 1.82) is 0 Å². The van der Waals surface area contributed by atoms with Crippen molar-refractivity contribution in [2.45, 2.75) is 20.3 Å². The first-order valence-electron chi connectivity index (χ1n) is 8.77. The fraction of sp³-hybridized carbons (Fsp3) is 0.500. The summed E-state index contributed by atoms with van der Waals surface area (Å²) in [5.74, 6) is 2.75. The molecule has 3 rings (SSSR count). The molecular formula is C18H25N5O2. The highest BCUT2D eigenvalue weighted by molar-refractivity contribution is 5.91. The first kappa shape index (κ1) is 17.3. The highest BCUT2D eigenvalue weighted by Gasteiger charge is 2.24. The van der Waals surface area contributed by atoms with E-state index in [1.54, 1.807) is 18.5 Å². The van der Waals surface area contributed by atoms with E-state index in [9.17, 15) is 4.79 Å². The molecule has 1 fully saturated rings. The number of carbonyl (C=O) groups is 1. The average Bonchev–Trinajstić information content (AvgIpc) is 3.16. The van der Waals surface area contributed by atoms with Crippen molar-refractivity contribution in [3.05, 3.63) is 36.5 Å². The van der Waals surface area contributed by atoms with E-state index in [2.05, 4.69) is 34.0 Å². The third kappa shape index (κ3) is 4.49. The van der Waals surface area contributed by atoms with Gasteiger partial charge >= 0.3 is 0 Å². The van der Waals surface area contributed by atoms with E-state index in [4.69, 9.17) is 4.42 Å². The molecule has 0 aromatic carbocycles. The molecule has 1 aliphatic rings. The van der Waals surface area contributed by atoms with Crippen LogP contribution in [0.1, 0.15) is 30.8 Å². The van der Waals surface area contributed by atoms with Crippen LogP contribution < -0.4 is 10.2 Å². The number of hydrogen-bond acceptors (Lipinski definition) is 6. The summed E-state index contributed by atoms with van der Waals surface area (Å²) >= 11 is 0. The molecule has 0 spiro atoms. The average molecular weight is 343 g/mol. The summed E-state index contributed by atoms with van der Waals surface area (Å²) < 4.78 is 5.20.